The Morgan fingerprint density at radius 1 is 1.29 bits per heavy atom. The maximum atomic E-state index is 15.9. The molecule has 3 aromatic rings. The van der Waals surface area contributed by atoms with Crippen LogP contribution in [0.3, 0.4) is 0 Å². The van der Waals surface area contributed by atoms with Gasteiger partial charge in [0.2, 0.25) is 5.91 Å². The van der Waals surface area contributed by atoms with Crippen LogP contribution in [-0.4, -0.2) is 62.6 Å². The molecule has 1 atom stereocenters. The molecule has 35 heavy (non-hydrogen) atoms. The van der Waals surface area contributed by atoms with E-state index in [-0.39, 0.29) is 29.6 Å². The van der Waals surface area contributed by atoms with Crippen LogP contribution in [-0.2, 0) is 11.3 Å². The van der Waals surface area contributed by atoms with Gasteiger partial charge in [-0.25, -0.2) is 4.39 Å². The van der Waals surface area contributed by atoms with E-state index in [1.165, 1.54) is 0 Å². The predicted molar refractivity (Wildman–Crippen MR) is 133 cm³/mol. The molecule has 1 aromatic carbocycles. The molecule has 0 bridgehead atoms. The molecule has 8 heteroatoms. The van der Waals surface area contributed by atoms with Crippen molar-refractivity contribution in [2.45, 2.75) is 57.5 Å². The Morgan fingerprint density at radius 3 is 2.77 bits per heavy atom. The molecule has 1 N–H and O–H groups in total. The number of fused-ring (bicyclic) bond motifs is 1. The number of aromatic nitrogens is 3. The molecule has 2 aliphatic rings. The molecular formula is C27H32FN5O2. The van der Waals surface area contributed by atoms with E-state index < -0.39 is 0 Å². The highest BCUT2D eigenvalue weighted by Crippen LogP contribution is 2.37. The minimum Gasteiger partial charge on any atom is -0.348 e. The van der Waals surface area contributed by atoms with Gasteiger partial charge >= 0.3 is 0 Å². The van der Waals surface area contributed by atoms with Crippen LogP contribution in [0.1, 0.15) is 66.6 Å². The molecule has 1 saturated carbocycles. The highest BCUT2D eigenvalue weighted by molar-refractivity contribution is 6.01. The average molecular weight is 478 g/mol. The molecule has 5 rings (SSSR count). The third-order valence-corrected chi connectivity index (χ3v) is 7.31. The van der Waals surface area contributed by atoms with E-state index in [9.17, 15) is 9.59 Å². The van der Waals surface area contributed by atoms with Gasteiger partial charge in [0.1, 0.15) is 5.69 Å². The molecule has 2 fully saturated rings. The fourth-order valence-corrected chi connectivity index (χ4v) is 5.12. The van der Waals surface area contributed by atoms with E-state index in [1.807, 2.05) is 30.2 Å². The van der Waals surface area contributed by atoms with Crippen LogP contribution in [0.2, 0.25) is 0 Å². The minimum atomic E-state index is -0.339. The van der Waals surface area contributed by atoms with E-state index in [2.05, 4.69) is 16.7 Å². The summed E-state index contributed by atoms with van der Waals surface area (Å²) in [6.45, 7) is 7.69. The number of allylic oxidation sites excluding steroid dienone is 1. The number of piperidine rings is 1. The second-order valence-electron chi connectivity index (χ2n) is 9.92. The maximum absolute atomic E-state index is 15.9. The monoisotopic (exact) mass is 477 g/mol. The van der Waals surface area contributed by atoms with Crippen molar-refractivity contribution in [2.75, 3.05) is 20.1 Å². The highest BCUT2D eigenvalue weighted by Gasteiger charge is 2.32. The first-order chi connectivity index (χ1) is 16.8. The quantitative estimate of drug-likeness (QED) is 0.542. The standard InChI is InChI=1S/C27H32FN5O2/c1-17(2)20-14-21(18-6-4-11-32(16-18)24(34)9-13-33-12-5-10-29-33)25(28)26-22(20)15-23(30-26)27(35)31(3)19-7-8-19/h5,10,12,14-15,18-19,30H,1,4,6-9,11,13,16H2,2-3H3/t18-/m1/s1. The third kappa shape index (κ3) is 4.61. The molecular weight excluding hydrogens is 445 g/mol. The van der Waals surface area contributed by atoms with E-state index in [4.69, 9.17) is 0 Å². The highest BCUT2D eigenvalue weighted by atomic mass is 19.1. The molecule has 0 spiro atoms. The number of nitrogens with zero attached hydrogens (tertiary/aromatic N) is 4. The second kappa shape index (κ2) is 9.32. The second-order valence-corrected chi connectivity index (χ2v) is 9.92. The molecule has 3 heterocycles. The fraction of sp³-hybridized carbons (Fsp3) is 0.444. The van der Waals surface area contributed by atoms with Crippen LogP contribution in [0.25, 0.3) is 16.5 Å². The Morgan fingerprint density at radius 2 is 2.09 bits per heavy atom. The van der Waals surface area contributed by atoms with Crippen LogP contribution in [0, 0.1) is 5.82 Å². The van der Waals surface area contributed by atoms with Crippen molar-refractivity contribution in [1.29, 1.82) is 0 Å². The first-order valence-corrected chi connectivity index (χ1v) is 12.4. The Bertz CT molecular complexity index is 1270. The van der Waals surface area contributed by atoms with Crippen LogP contribution in [0.4, 0.5) is 4.39 Å². The molecule has 0 unspecified atom stereocenters. The molecule has 7 nitrogen and oxygen atoms in total. The Hall–Kier alpha value is -3.42. The molecule has 2 aromatic heterocycles. The minimum absolute atomic E-state index is 0.0580. The number of halogens is 1. The van der Waals surface area contributed by atoms with E-state index in [1.54, 1.807) is 28.9 Å². The first-order valence-electron chi connectivity index (χ1n) is 12.4. The zero-order chi connectivity index (χ0) is 24.7. The molecule has 1 saturated heterocycles. The van der Waals surface area contributed by atoms with Crippen LogP contribution >= 0.6 is 0 Å². The van der Waals surface area contributed by atoms with Crippen molar-refractivity contribution in [3.63, 3.8) is 0 Å². The number of H-pyrrole nitrogens is 1. The number of rotatable bonds is 7. The Balaban J connectivity index is 1.41. The van der Waals surface area contributed by atoms with Crippen LogP contribution in [0.15, 0.2) is 37.2 Å². The lowest BCUT2D eigenvalue weighted by Crippen LogP contribution is -2.39. The van der Waals surface area contributed by atoms with Crippen molar-refractivity contribution < 1.29 is 14.0 Å². The topological polar surface area (TPSA) is 74.2 Å². The van der Waals surface area contributed by atoms with Crippen molar-refractivity contribution in [1.82, 2.24) is 24.6 Å². The summed E-state index contributed by atoms with van der Waals surface area (Å²) in [5.74, 6) is -0.517. The fourth-order valence-electron chi connectivity index (χ4n) is 5.12. The summed E-state index contributed by atoms with van der Waals surface area (Å²) >= 11 is 0. The van der Waals surface area contributed by atoms with Gasteiger partial charge in [-0.15, -0.1) is 0 Å². The summed E-state index contributed by atoms with van der Waals surface area (Å²) in [5.41, 5.74) is 2.97. The number of aryl methyl sites for hydroxylation is 1. The summed E-state index contributed by atoms with van der Waals surface area (Å²) in [5, 5.41) is 4.83. The number of hydrogen-bond acceptors (Lipinski definition) is 3. The summed E-state index contributed by atoms with van der Waals surface area (Å²) in [4.78, 5) is 32.5. The smallest absolute Gasteiger partial charge is 0.270 e. The first kappa shape index (κ1) is 23.3. The van der Waals surface area contributed by atoms with Gasteiger partial charge in [-0.3, -0.25) is 14.3 Å². The van der Waals surface area contributed by atoms with Crippen LogP contribution < -0.4 is 0 Å². The predicted octanol–water partition coefficient (Wildman–Crippen LogP) is 4.57. The number of carbonyl (C=O) groups excluding carboxylic acids is 2. The van der Waals surface area contributed by atoms with Gasteiger partial charge in [0, 0.05) is 62.8 Å². The van der Waals surface area contributed by atoms with E-state index in [0.717, 1.165) is 36.8 Å². The molecule has 2 amide bonds. The zero-order valence-electron chi connectivity index (χ0n) is 20.4. The lowest BCUT2D eigenvalue weighted by molar-refractivity contribution is -0.132. The largest absolute Gasteiger partial charge is 0.348 e. The van der Waals surface area contributed by atoms with Crippen molar-refractivity contribution in [3.8, 4) is 0 Å². The van der Waals surface area contributed by atoms with Gasteiger partial charge in [-0.1, -0.05) is 12.2 Å². The summed E-state index contributed by atoms with van der Waals surface area (Å²) in [6.07, 6.45) is 7.55. The lowest BCUT2D eigenvalue weighted by Gasteiger charge is -2.33. The van der Waals surface area contributed by atoms with Crippen molar-refractivity contribution in [2.24, 2.45) is 0 Å². The number of aromatic amines is 1. The van der Waals surface area contributed by atoms with Gasteiger partial charge in [0.05, 0.1) is 5.52 Å². The summed E-state index contributed by atoms with van der Waals surface area (Å²) < 4.78 is 17.7. The summed E-state index contributed by atoms with van der Waals surface area (Å²) in [6, 6.07) is 5.73. The zero-order valence-corrected chi connectivity index (χ0v) is 20.4. The molecule has 184 valence electrons. The Labute approximate surface area is 204 Å². The number of nitrogens with one attached hydrogen (secondary N) is 1. The SMILES string of the molecule is C=C(C)c1cc([C@@H]2CCCN(C(=O)CCn3cccn3)C2)c(F)c2[nH]c(C(=O)N(C)C3CC3)cc12. The molecule has 1 aliphatic carbocycles. The summed E-state index contributed by atoms with van der Waals surface area (Å²) in [7, 11) is 1.80. The lowest BCUT2D eigenvalue weighted by atomic mass is 9.87. The van der Waals surface area contributed by atoms with E-state index in [0.29, 0.717) is 48.2 Å². The van der Waals surface area contributed by atoms with Gasteiger partial charge in [-0.05, 0) is 61.9 Å². The van der Waals surface area contributed by atoms with Gasteiger partial charge in [-0.2, -0.15) is 5.10 Å². The van der Waals surface area contributed by atoms with Crippen molar-refractivity contribution >= 4 is 28.3 Å². The molecule has 1 aliphatic heterocycles. The Kier molecular flexibility index (Phi) is 6.21. The molecule has 0 radical (unpaired) electrons. The number of carbonyl (C=O) groups is 2. The van der Waals surface area contributed by atoms with Gasteiger partial charge in [0.15, 0.2) is 5.82 Å². The van der Waals surface area contributed by atoms with Crippen LogP contribution in [0.5, 0.6) is 0 Å². The normalized spacial score (nSPS) is 18.1. The van der Waals surface area contributed by atoms with Crippen molar-refractivity contribution in [3.05, 3.63) is 59.8 Å². The maximum Gasteiger partial charge on any atom is 0.270 e. The average Bonchev–Trinajstić information content (AvgIpc) is 3.38. The van der Waals surface area contributed by atoms with Gasteiger partial charge < -0.3 is 14.8 Å². The van der Waals surface area contributed by atoms with E-state index >= 15 is 4.39 Å². The number of amides is 2. The number of hydrogen-bond donors (Lipinski definition) is 1. The third-order valence-electron chi connectivity index (χ3n) is 7.31. The number of benzene rings is 1. The number of likely N-dealkylation sites (tertiary alicyclic amines) is 1. The van der Waals surface area contributed by atoms with Gasteiger partial charge in [0.25, 0.3) is 5.91 Å².